The van der Waals surface area contributed by atoms with Crippen LogP contribution in [0.15, 0.2) is 34.7 Å². The monoisotopic (exact) mass is 155 g/mol. The molecule has 0 bridgehead atoms. The fourth-order valence-corrected chi connectivity index (χ4v) is 1.21. The minimum atomic E-state index is 0.453. The average Bonchev–Trinajstić information content (AvgIpc) is 2.47. The van der Waals surface area contributed by atoms with Gasteiger partial charge in [-0.3, -0.25) is 0 Å². The predicted octanol–water partition coefficient (Wildman–Crippen LogP) is 2.57. The molecule has 2 rings (SSSR count). The Hall–Kier alpha value is -1.68. The lowest BCUT2D eigenvalue weighted by Crippen LogP contribution is -1.71. The molecule has 0 spiro atoms. The third-order valence-corrected chi connectivity index (χ3v) is 1.74. The van der Waals surface area contributed by atoms with Crippen LogP contribution in [0.2, 0.25) is 0 Å². The van der Waals surface area contributed by atoms with Crippen LogP contribution in [0.5, 0.6) is 0 Å². The van der Waals surface area contributed by atoms with E-state index in [0.717, 1.165) is 16.7 Å². The van der Waals surface area contributed by atoms with Crippen molar-refractivity contribution in [1.82, 2.24) is 0 Å². The molecule has 1 nitrogen and oxygen atoms in total. The van der Waals surface area contributed by atoms with Crippen molar-refractivity contribution in [2.75, 3.05) is 0 Å². The van der Waals surface area contributed by atoms with Crippen LogP contribution < -0.4 is 0 Å². The molecule has 0 N–H and O–H groups in total. The van der Waals surface area contributed by atoms with Crippen molar-refractivity contribution in [2.45, 2.75) is 6.42 Å². The van der Waals surface area contributed by atoms with Gasteiger partial charge in [0.05, 0.1) is 6.42 Å². The first-order valence-corrected chi connectivity index (χ1v) is 3.77. The topological polar surface area (TPSA) is 13.1 Å². The van der Waals surface area contributed by atoms with Gasteiger partial charge in [0, 0.05) is 5.39 Å². The highest BCUT2D eigenvalue weighted by Crippen LogP contribution is 2.18. The Morgan fingerprint density at radius 3 is 2.92 bits per heavy atom. The van der Waals surface area contributed by atoms with Crippen molar-refractivity contribution in [3.8, 4) is 5.92 Å². The highest BCUT2D eigenvalue weighted by Gasteiger charge is 1.99. The van der Waals surface area contributed by atoms with Crippen LogP contribution in [0.25, 0.3) is 11.0 Å². The first-order chi connectivity index (χ1) is 5.90. The van der Waals surface area contributed by atoms with Gasteiger partial charge < -0.3 is 4.42 Å². The van der Waals surface area contributed by atoms with Gasteiger partial charge in [-0.1, -0.05) is 24.1 Å². The van der Waals surface area contributed by atoms with Gasteiger partial charge >= 0.3 is 0 Å². The molecular formula is C11H7O. The van der Waals surface area contributed by atoms with Crippen molar-refractivity contribution in [2.24, 2.45) is 0 Å². The molecule has 0 amide bonds. The van der Waals surface area contributed by atoms with Crippen molar-refractivity contribution in [3.63, 3.8) is 0 Å². The Labute approximate surface area is 71.0 Å². The molecule has 1 heteroatoms. The minimum absolute atomic E-state index is 0.453. The molecule has 57 valence electrons. The number of benzene rings is 1. The summed E-state index contributed by atoms with van der Waals surface area (Å²) in [7, 11) is 0. The summed E-state index contributed by atoms with van der Waals surface area (Å²) < 4.78 is 5.43. The number of para-hydroxylation sites is 1. The van der Waals surface area contributed by atoms with Crippen LogP contribution in [-0.4, -0.2) is 0 Å². The van der Waals surface area contributed by atoms with Gasteiger partial charge in [-0.25, -0.2) is 0 Å². The fourth-order valence-electron chi connectivity index (χ4n) is 1.21. The third kappa shape index (κ3) is 1.08. The Balaban J connectivity index is 2.56. The Morgan fingerprint density at radius 1 is 1.33 bits per heavy atom. The Morgan fingerprint density at radius 2 is 2.17 bits per heavy atom. The van der Waals surface area contributed by atoms with Gasteiger partial charge in [-0.05, 0) is 18.6 Å². The lowest BCUT2D eigenvalue weighted by Gasteiger charge is -1.83. The van der Waals surface area contributed by atoms with E-state index in [1.165, 1.54) is 0 Å². The quantitative estimate of drug-likeness (QED) is 0.577. The van der Waals surface area contributed by atoms with Crippen molar-refractivity contribution in [1.29, 1.82) is 0 Å². The highest BCUT2D eigenvalue weighted by molar-refractivity contribution is 5.77. The van der Waals surface area contributed by atoms with E-state index in [9.17, 15) is 0 Å². The standard InChI is InChI=1S/C11H7O/c1-2-5-10-8-9-6-3-4-7-11(9)12-10/h3-4,6-8H,5H2. The zero-order chi connectivity index (χ0) is 8.39. The normalized spacial score (nSPS) is 9.92. The highest BCUT2D eigenvalue weighted by atomic mass is 16.3. The van der Waals surface area contributed by atoms with Gasteiger partial charge in [-0.15, -0.1) is 0 Å². The first kappa shape index (κ1) is 7.00. The molecule has 1 radical (unpaired) electrons. The van der Waals surface area contributed by atoms with E-state index >= 15 is 0 Å². The second kappa shape index (κ2) is 2.75. The third-order valence-electron chi connectivity index (χ3n) is 1.74. The summed E-state index contributed by atoms with van der Waals surface area (Å²) in [5.74, 6) is 3.10. The van der Waals surface area contributed by atoms with Crippen LogP contribution in [0.4, 0.5) is 0 Å². The maximum Gasteiger partial charge on any atom is 0.134 e. The van der Waals surface area contributed by atoms with E-state index in [-0.39, 0.29) is 0 Å². The molecule has 1 aromatic carbocycles. The average molecular weight is 155 g/mol. The van der Waals surface area contributed by atoms with Gasteiger partial charge in [0.25, 0.3) is 0 Å². The molecule has 1 heterocycles. The SMILES string of the molecule is [C]#CCc1cc2ccccc2o1. The summed E-state index contributed by atoms with van der Waals surface area (Å²) in [4.78, 5) is 0. The van der Waals surface area contributed by atoms with Gasteiger partial charge in [0.1, 0.15) is 11.3 Å². The number of hydrogen-bond donors (Lipinski definition) is 0. The number of rotatable bonds is 1. The van der Waals surface area contributed by atoms with Crippen LogP contribution in [0.1, 0.15) is 5.76 Å². The summed E-state index contributed by atoms with van der Waals surface area (Å²) in [6, 6.07) is 9.76. The molecular weight excluding hydrogens is 148 g/mol. The van der Waals surface area contributed by atoms with Gasteiger partial charge in [0.2, 0.25) is 0 Å². The summed E-state index contributed by atoms with van der Waals surface area (Å²) in [6.07, 6.45) is 7.26. The van der Waals surface area contributed by atoms with Crippen molar-refractivity contribution in [3.05, 3.63) is 42.5 Å². The van der Waals surface area contributed by atoms with E-state index in [4.69, 9.17) is 10.8 Å². The molecule has 2 aromatic rings. The zero-order valence-corrected chi connectivity index (χ0v) is 6.50. The molecule has 1 aromatic heterocycles. The predicted molar refractivity (Wildman–Crippen MR) is 47.0 cm³/mol. The molecule has 0 aliphatic heterocycles. The molecule has 0 aliphatic rings. The molecule has 0 fully saturated rings. The Kier molecular flexibility index (Phi) is 1.60. The molecule has 0 atom stereocenters. The smallest absolute Gasteiger partial charge is 0.134 e. The summed E-state index contributed by atoms with van der Waals surface area (Å²) in [5, 5.41) is 1.09. The number of furan rings is 1. The number of hydrogen-bond acceptors (Lipinski definition) is 1. The molecule has 12 heavy (non-hydrogen) atoms. The maximum absolute atomic E-state index is 6.80. The van der Waals surface area contributed by atoms with Gasteiger partial charge in [0.15, 0.2) is 0 Å². The van der Waals surface area contributed by atoms with E-state index < -0.39 is 0 Å². The maximum atomic E-state index is 6.80. The largest absolute Gasteiger partial charge is 0.460 e. The summed E-state index contributed by atoms with van der Waals surface area (Å²) >= 11 is 0. The number of fused-ring (bicyclic) bond motifs is 1. The van der Waals surface area contributed by atoms with Crippen LogP contribution in [-0.2, 0) is 6.42 Å². The van der Waals surface area contributed by atoms with Crippen LogP contribution >= 0.6 is 0 Å². The summed E-state index contributed by atoms with van der Waals surface area (Å²) in [5.41, 5.74) is 0.878. The van der Waals surface area contributed by atoms with Crippen molar-refractivity contribution >= 4 is 11.0 Å². The lowest BCUT2D eigenvalue weighted by atomic mass is 10.2. The summed E-state index contributed by atoms with van der Waals surface area (Å²) in [6.45, 7) is 0. The Bertz CT molecular complexity index is 398. The van der Waals surface area contributed by atoms with E-state index in [1.54, 1.807) is 0 Å². The van der Waals surface area contributed by atoms with Crippen LogP contribution in [0, 0.1) is 12.3 Å². The lowest BCUT2D eigenvalue weighted by molar-refractivity contribution is 0.567. The van der Waals surface area contributed by atoms with Crippen molar-refractivity contribution < 1.29 is 4.42 Å². The molecule has 0 aliphatic carbocycles. The molecule has 0 saturated carbocycles. The first-order valence-electron chi connectivity index (χ1n) is 3.77. The van der Waals surface area contributed by atoms with E-state index in [2.05, 4.69) is 5.92 Å². The van der Waals surface area contributed by atoms with E-state index in [1.807, 2.05) is 30.3 Å². The van der Waals surface area contributed by atoms with E-state index in [0.29, 0.717) is 6.42 Å². The fraction of sp³-hybridized carbons (Fsp3) is 0.0909. The zero-order valence-electron chi connectivity index (χ0n) is 6.50. The second-order valence-corrected chi connectivity index (χ2v) is 2.60. The van der Waals surface area contributed by atoms with Crippen LogP contribution in [0.3, 0.4) is 0 Å². The molecule has 0 saturated heterocycles. The molecule has 0 unspecified atom stereocenters. The van der Waals surface area contributed by atoms with Gasteiger partial charge in [-0.2, -0.15) is 0 Å². The minimum Gasteiger partial charge on any atom is -0.460 e. The second-order valence-electron chi connectivity index (χ2n) is 2.60.